The first-order chi connectivity index (χ1) is 7.18. The van der Waals surface area contributed by atoms with Gasteiger partial charge in [0.25, 0.3) is 0 Å². The van der Waals surface area contributed by atoms with E-state index in [0.29, 0.717) is 0 Å². The second kappa shape index (κ2) is 4.05. The molecule has 0 saturated heterocycles. The first kappa shape index (κ1) is 10.2. The molecule has 0 radical (unpaired) electrons. The Morgan fingerprint density at radius 2 is 1.80 bits per heavy atom. The molecule has 0 atom stereocenters. The third-order valence-electron chi connectivity index (χ3n) is 2.89. The molecule has 2 rings (SSSR count). The summed E-state index contributed by atoms with van der Waals surface area (Å²) in [7, 11) is 0. The average molecular weight is 203 g/mol. The second-order valence-electron chi connectivity index (χ2n) is 4.38. The van der Waals surface area contributed by atoms with Gasteiger partial charge in [0, 0.05) is 6.42 Å². The van der Waals surface area contributed by atoms with Gasteiger partial charge in [0.05, 0.1) is 13.1 Å². The van der Waals surface area contributed by atoms with Crippen molar-refractivity contribution in [1.82, 2.24) is 5.32 Å². The monoisotopic (exact) mass is 203 g/mol. The van der Waals surface area contributed by atoms with Crippen LogP contribution in [0.4, 0.5) is 5.69 Å². The van der Waals surface area contributed by atoms with Gasteiger partial charge in [0.1, 0.15) is 5.69 Å². The summed E-state index contributed by atoms with van der Waals surface area (Å²) in [5, 5.41) is 3.30. The van der Waals surface area contributed by atoms with Crippen molar-refractivity contribution in [2.75, 3.05) is 13.1 Å². The lowest BCUT2D eigenvalue weighted by Gasteiger charge is -2.15. The molecular weight excluding hydrogens is 184 g/mol. The summed E-state index contributed by atoms with van der Waals surface area (Å²) in [4.78, 5) is 0. The average Bonchev–Trinajstić information content (AvgIpc) is 2.17. The van der Waals surface area contributed by atoms with Crippen molar-refractivity contribution >= 4 is 12.0 Å². The third kappa shape index (κ3) is 2.04. The van der Waals surface area contributed by atoms with E-state index in [9.17, 15) is 0 Å². The van der Waals surface area contributed by atoms with E-state index in [4.69, 9.17) is 0 Å². The lowest BCUT2D eigenvalue weighted by atomic mass is 10.0. The van der Waals surface area contributed by atoms with Crippen LogP contribution < -0.4 is 5.32 Å². The fraction of sp³-hybridized carbons (Fsp3) is 0.462. The Bertz CT molecular complexity index is 382. The fourth-order valence-electron chi connectivity index (χ4n) is 2.39. The van der Waals surface area contributed by atoms with Crippen molar-refractivity contribution in [3.63, 3.8) is 0 Å². The number of nitrogens with one attached hydrogen (secondary N) is 1. The van der Waals surface area contributed by atoms with Gasteiger partial charge >= 0.3 is 0 Å². The molecule has 0 bridgehead atoms. The Balaban J connectivity index is 2.47. The normalized spacial score (nSPS) is 15.8. The highest BCUT2D eigenvalue weighted by Crippen LogP contribution is 2.24. The molecule has 80 valence electrons. The van der Waals surface area contributed by atoms with Crippen LogP contribution in [-0.4, -0.2) is 24.0 Å². The number of hydrogen-bond acceptors (Lipinski definition) is 1. The van der Waals surface area contributed by atoms with Crippen molar-refractivity contribution in [3.05, 3.63) is 28.8 Å². The van der Waals surface area contributed by atoms with Gasteiger partial charge in [-0.1, -0.05) is 17.7 Å². The SMILES string of the molecule is Cc1cc(C)c([N+]2=CNCCC2)c(C)c1. The van der Waals surface area contributed by atoms with E-state index in [1.54, 1.807) is 0 Å². The standard InChI is InChI=1S/C13H18N2/c1-10-7-11(2)13(12(3)8-10)15-6-4-5-14-9-15/h7-9H,4-6H2,1-3H3/p+1. The van der Waals surface area contributed by atoms with Crippen LogP contribution in [0, 0.1) is 20.8 Å². The molecule has 0 unspecified atom stereocenters. The zero-order chi connectivity index (χ0) is 10.8. The van der Waals surface area contributed by atoms with Crippen LogP contribution in [0.5, 0.6) is 0 Å². The van der Waals surface area contributed by atoms with Crippen LogP contribution in [0.1, 0.15) is 23.1 Å². The highest BCUT2D eigenvalue weighted by molar-refractivity contribution is 5.56. The molecule has 0 saturated carbocycles. The van der Waals surface area contributed by atoms with Gasteiger partial charge in [-0.05, 0) is 31.9 Å². The maximum Gasteiger partial charge on any atom is 0.237 e. The fourth-order valence-corrected chi connectivity index (χ4v) is 2.39. The first-order valence-electron chi connectivity index (χ1n) is 5.59. The van der Waals surface area contributed by atoms with E-state index in [-0.39, 0.29) is 0 Å². The van der Waals surface area contributed by atoms with E-state index in [1.165, 1.54) is 28.8 Å². The summed E-state index contributed by atoms with van der Waals surface area (Å²) in [5.41, 5.74) is 5.45. The van der Waals surface area contributed by atoms with Crippen molar-refractivity contribution in [2.24, 2.45) is 0 Å². The van der Waals surface area contributed by atoms with E-state index in [0.717, 1.165) is 13.1 Å². The highest BCUT2D eigenvalue weighted by Gasteiger charge is 2.14. The molecule has 1 N–H and O–H groups in total. The predicted molar refractivity (Wildman–Crippen MR) is 64.1 cm³/mol. The molecule has 2 heteroatoms. The van der Waals surface area contributed by atoms with Crippen LogP contribution in [0.25, 0.3) is 0 Å². The number of benzene rings is 1. The molecule has 1 heterocycles. The van der Waals surface area contributed by atoms with Gasteiger partial charge in [0.2, 0.25) is 6.34 Å². The van der Waals surface area contributed by atoms with Crippen LogP contribution >= 0.6 is 0 Å². The summed E-state index contributed by atoms with van der Waals surface area (Å²) in [6.07, 6.45) is 3.32. The zero-order valence-electron chi connectivity index (χ0n) is 9.80. The topological polar surface area (TPSA) is 15.0 Å². The maximum absolute atomic E-state index is 3.30. The molecule has 0 aromatic heterocycles. The predicted octanol–water partition coefficient (Wildman–Crippen LogP) is 2.28. The van der Waals surface area contributed by atoms with Crippen molar-refractivity contribution in [3.8, 4) is 0 Å². The van der Waals surface area contributed by atoms with Crippen LogP contribution in [-0.2, 0) is 0 Å². The van der Waals surface area contributed by atoms with Crippen LogP contribution in [0.15, 0.2) is 12.1 Å². The van der Waals surface area contributed by atoms with Gasteiger partial charge in [-0.25, -0.2) is 4.58 Å². The Kier molecular flexibility index (Phi) is 2.76. The maximum atomic E-state index is 3.30. The number of nitrogens with zero attached hydrogens (tertiary/aromatic N) is 1. The minimum atomic E-state index is 1.10. The quantitative estimate of drug-likeness (QED) is 0.692. The summed E-state index contributed by atoms with van der Waals surface area (Å²) < 4.78 is 2.33. The number of hydrogen-bond donors (Lipinski definition) is 1. The molecule has 15 heavy (non-hydrogen) atoms. The summed E-state index contributed by atoms with van der Waals surface area (Å²) in [6.45, 7) is 8.76. The first-order valence-corrected chi connectivity index (χ1v) is 5.59. The van der Waals surface area contributed by atoms with E-state index >= 15 is 0 Å². The number of aryl methyl sites for hydroxylation is 3. The minimum Gasteiger partial charge on any atom is -0.281 e. The van der Waals surface area contributed by atoms with Gasteiger partial charge in [-0.2, -0.15) is 0 Å². The summed E-state index contributed by atoms with van der Waals surface area (Å²) in [6, 6.07) is 4.51. The van der Waals surface area contributed by atoms with E-state index < -0.39 is 0 Å². The zero-order valence-corrected chi connectivity index (χ0v) is 9.80. The Morgan fingerprint density at radius 1 is 1.13 bits per heavy atom. The van der Waals surface area contributed by atoms with E-state index in [1.807, 2.05) is 0 Å². The molecule has 1 aliphatic heterocycles. The molecule has 0 amide bonds. The third-order valence-corrected chi connectivity index (χ3v) is 2.89. The number of rotatable bonds is 1. The van der Waals surface area contributed by atoms with Crippen molar-refractivity contribution in [2.45, 2.75) is 27.2 Å². The molecule has 0 aliphatic carbocycles. The largest absolute Gasteiger partial charge is 0.281 e. The molecule has 0 spiro atoms. The molecule has 1 aromatic rings. The Labute approximate surface area is 91.6 Å². The van der Waals surface area contributed by atoms with Gasteiger partial charge < -0.3 is 0 Å². The highest BCUT2D eigenvalue weighted by atomic mass is 15.1. The summed E-state index contributed by atoms with van der Waals surface area (Å²) in [5.74, 6) is 0. The van der Waals surface area contributed by atoms with Crippen LogP contribution in [0.3, 0.4) is 0 Å². The molecule has 0 fully saturated rings. The Morgan fingerprint density at radius 3 is 2.33 bits per heavy atom. The molecule has 2 nitrogen and oxygen atoms in total. The Hall–Kier alpha value is -1.31. The summed E-state index contributed by atoms with van der Waals surface area (Å²) >= 11 is 0. The van der Waals surface area contributed by atoms with Crippen LogP contribution in [0.2, 0.25) is 0 Å². The minimum absolute atomic E-state index is 1.10. The molecular formula is C13H19N2+. The van der Waals surface area contributed by atoms with Gasteiger partial charge in [-0.15, -0.1) is 0 Å². The molecule has 1 aromatic carbocycles. The molecule has 1 aliphatic rings. The smallest absolute Gasteiger partial charge is 0.237 e. The van der Waals surface area contributed by atoms with Gasteiger partial charge in [-0.3, -0.25) is 5.32 Å². The second-order valence-corrected chi connectivity index (χ2v) is 4.38. The van der Waals surface area contributed by atoms with Gasteiger partial charge in [0.15, 0.2) is 0 Å². The lowest BCUT2D eigenvalue weighted by Crippen LogP contribution is -2.29. The van der Waals surface area contributed by atoms with Crippen molar-refractivity contribution in [1.29, 1.82) is 0 Å². The van der Waals surface area contributed by atoms with E-state index in [2.05, 4.69) is 49.1 Å². The van der Waals surface area contributed by atoms with Crippen molar-refractivity contribution < 1.29 is 4.58 Å². The lowest BCUT2D eigenvalue weighted by molar-refractivity contribution is -0.443.